The highest BCUT2D eigenvalue weighted by molar-refractivity contribution is 7.16. The van der Waals surface area contributed by atoms with E-state index in [4.69, 9.17) is 16.3 Å². The van der Waals surface area contributed by atoms with Crippen LogP contribution in [0, 0.1) is 5.92 Å². The van der Waals surface area contributed by atoms with Crippen molar-refractivity contribution in [2.75, 3.05) is 0 Å². The molecule has 33 heavy (non-hydrogen) atoms. The molecule has 4 rings (SSSR count). The number of thiophene rings is 1. The quantitative estimate of drug-likeness (QED) is 0.380. The Labute approximate surface area is 201 Å². The summed E-state index contributed by atoms with van der Waals surface area (Å²) in [5, 5.41) is 2.82. The Morgan fingerprint density at radius 3 is 2.36 bits per heavy atom. The van der Waals surface area contributed by atoms with Crippen LogP contribution in [0.15, 0.2) is 72.8 Å². The molecule has 2 heterocycles. The lowest BCUT2D eigenvalue weighted by atomic mass is 9.84. The van der Waals surface area contributed by atoms with Crippen molar-refractivity contribution in [1.82, 2.24) is 10.2 Å². The number of nitrogens with zero attached hydrogens (tertiary/aromatic N) is 1. The summed E-state index contributed by atoms with van der Waals surface area (Å²) in [6.07, 6.45) is 0.319. The number of esters is 1. The molecular weight excluding hydrogens is 460 g/mol. The number of nitrogens with one attached hydrogen (secondary N) is 1. The maximum Gasteiger partial charge on any atom is 0.330 e. The number of β-lactam (4-membered cyclic amide) rings is 1. The maximum absolute atomic E-state index is 13.0. The highest BCUT2D eigenvalue weighted by Crippen LogP contribution is 2.34. The Balaban J connectivity index is 1.49. The second kappa shape index (κ2) is 10.2. The van der Waals surface area contributed by atoms with E-state index in [1.165, 1.54) is 11.3 Å². The van der Waals surface area contributed by atoms with Gasteiger partial charge in [-0.15, -0.1) is 11.3 Å². The Morgan fingerprint density at radius 2 is 1.73 bits per heavy atom. The van der Waals surface area contributed by atoms with Crippen LogP contribution < -0.4 is 5.32 Å². The van der Waals surface area contributed by atoms with Gasteiger partial charge in [0.05, 0.1) is 16.3 Å². The molecule has 3 unspecified atom stereocenters. The zero-order chi connectivity index (χ0) is 23.4. The molecule has 1 saturated heterocycles. The molecule has 1 fully saturated rings. The second-order valence-corrected chi connectivity index (χ2v) is 9.64. The van der Waals surface area contributed by atoms with Gasteiger partial charge in [0.2, 0.25) is 5.91 Å². The van der Waals surface area contributed by atoms with Crippen LogP contribution in [0.4, 0.5) is 4.79 Å². The van der Waals surface area contributed by atoms with E-state index in [0.717, 1.165) is 20.9 Å². The van der Waals surface area contributed by atoms with Crippen molar-refractivity contribution in [3.05, 3.63) is 93.1 Å². The molecule has 0 bridgehead atoms. The van der Waals surface area contributed by atoms with E-state index in [1.807, 2.05) is 73.7 Å². The highest BCUT2D eigenvalue weighted by Gasteiger charge is 2.55. The molecule has 0 saturated carbocycles. The third-order valence-corrected chi connectivity index (χ3v) is 6.84. The summed E-state index contributed by atoms with van der Waals surface area (Å²) in [6.45, 7) is 1.89. The van der Waals surface area contributed by atoms with Gasteiger partial charge in [0.25, 0.3) is 0 Å². The Bertz CT molecular complexity index is 1140. The molecule has 1 N–H and O–H groups in total. The average molecular weight is 483 g/mol. The molecule has 1 aliphatic heterocycles. The molecule has 0 aliphatic carbocycles. The summed E-state index contributed by atoms with van der Waals surface area (Å²) in [5.74, 6) is -1.69. The molecule has 2 aromatic carbocycles. The van der Waals surface area contributed by atoms with Crippen molar-refractivity contribution in [2.45, 2.75) is 32.0 Å². The molecule has 0 spiro atoms. The summed E-state index contributed by atoms with van der Waals surface area (Å²) < 4.78 is 6.09. The van der Waals surface area contributed by atoms with Crippen molar-refractivity contribution in [1.29, 1.82) is 0 Å². The highest BCUT2D eigenvalue weighted by atomic mass is 35.5. The molecule has 170 valence electrons. The molecule has 3 atom stereocenters. The first-order chi connectivity index (χ1) is 15.9. The van der Waals surface area contributed by atoms with Crippen molar-refractivity contribution in [3.63, 3.8) is 0 Å². The van der Waals surface area contributed by atoms with E-state index in [-0.39, 0.29) is 12.6 Å². The predicted molar refractivity (Wildman–Crippen MR) is 127 cm³/mol. The number of ether oxygens (including phenoxy) is 1. The Morgan fingerprint density at radius 1 is 1.06 bits per heavy atom. The topological polar surface area (TPSA) is 75.7 Å². The first-order valence-corrected chi connectivity index (χ1v) is 11.8. The fourth-order valence-electron chi connectivity index (χ4n) is 3.82. The molecule has 8 heteroatoms. The number of imide groups is 1. The van der Waals surface area contributed by atoms with Gasteiger partial charge in [0.1, 0.15) is 6.61 Å². The summed E-state index contributed by atoms with van der Waals surface area (Å²) in [6, 6.07) is 20.3. The van der Waals surface area contributed by atoms with Gasteiger partial charge < -0.3 is 10.1 Å². The molecule has 6 nitrogen and oxygen atoms in total. The zero-order valence-electron chi connectivity index (χ0n) is 17.9. The first kappa shape index (κ1) is 23.0. The number of likely N-dealkylation sites (tertiary alicyclic amines) is 1. The van der Waals surface area contributed by atoms with Crippen LogP contribution in [0.3, 0.4) is 0 Å². The lowest BCUT2D eigenvalue weighted by Gasteiger charge is -2.43. The third-order valence-electron chi connectivity index (χ3n) is 5.59. The normalized spacial score (nSPS) is 18.4. The summed E-state index contributed by atoms with van der Waals surface area (Å²) in [7, 11) is 0. The van der Waals surface area contributed by atoms with Gasteiger partial charge in [-0.05, 0) is 36.6 Å². The largest absolute Gasteiger partial charge is 0.459 e. The van der Waals surface area contributed by atoms with Gasteiger partial charge in [-0.1, -0.05) is 72.3 Å². The van der Waals surface area contributed by atoms with Crippen molar-refractivity contribution < 1.29 is 19.1 Å². The monoisotopic (exact) mass is 482 g/mol. The van der Waals surface area contributed by atoms with Gasteiger partial charge in [-0.3, -0.25) is 4.79 Å². The van der Waals surface area contributed by atoms with Gasteiger partial charge in [0, 0.05) is 4.88 Å². The van der Waals surface area contributed by atoms with Crippen LogP contribution in [-0.2, 0) is 27.4 Å². The van der Waals surface area contributed by atoms with Crippen molar-refractivity contribution >= 4 is 40.8 Å². The van der Waals surface area contributed by atoms with Crippen molar-refractivity contribution in [3.8, 4) is 0 Å². The predicted octanol–water partition coefficient (Wildman–Crippen LogP) is 4.99. The summed E-state index contributed by atoms with van der Waals surface area (Å²) in [4.78, 5) is 40.8. The first-order valence-electron chi connectivity index (χ1n) is 10.6. The summed E-state index contributed by atoms with van der Waals surface area (Å²) >= 11 is 7.37. The number of hydrogen-bond donors (Lipinski definition) is 1. The van der Waals surface area contributed by atoms with Crippen LogP contribution in [-0.4, -0.2) is 28.8 Å². The van der Waals surface area contributed by atoms with Crippen LogP contribution in [0.5, 0.6) is 0 Å². The van der Waals surface area contributed by atoms with Crippen LogP contribution in [0.1, 0.15) is 29.0 Å². The SMILES string of the molecule is CC(NC(=O)N1C(=O)C(Cc2ccc(Cl)s2)C1C(=O)OCc1ccccc1)c1ccccc1. The van der Waals surface area contributed by atoms with Crippen LogP contribution in [0.25, 0.3) is 0 Å². The number of benzene rings is 2. The maximum atomic E-state index is 13.0. The minimum atomic E-state index is -0.995. The van der Waals surface area contributed by atoms with Crippen molar-refractivity contribution in [2.24, 2.45) is 5.92 Å². The lowest BCUT2D eigenvalue weighted by molar-refractivity contribution is -0.170. The van der Waals surface area contributed by atoms with Gasteiger partial charge in [-0.2, -0.15) is 0 Å². The molecule has 3 aromatic rings. The van der Waals surface area contributed by atoms with E-state index in [9.17, 15) is 14.4 Å². The molecule has 0 radical (unpaired) electrons. The number of hydrogen-bond acceptors (Lipinski definition) is 5. The molecule has 1 aromatic heterocycles. The molecule has 3 amide bonds. The fraction of sp³-hybridized carbons (Fsp3) is 0.240. The molecule has 1 aliphatic rings. The Hall–Kier alpha value is -3.16. The van der Waals surface area contributed by atoms with Gasteiger partial charge >= 0.3 is 12.0 Å². The van der Waals surface area contributed by atoms with Crippen LogP contribution in [0.2, 0.25) is 4.34 Å². The number of amides is 3. The number of urea groups is 1. The number of halogens is 1. The average Bonchev–Trinajstić information content (AvgIpc) is 3.25. The number of rotatable bonds is 7. The Kier molecular flexibility index (Phi) is 7.11. The standard InChI is InChI=1S/C25H23ClN2O4S/c1-16(18-10-6-3-7-11-18)27-25(31)28-22(24(30)32-15-17-8-4-2-5-9-17)20(23(28)29)14-19-12-13-21(26)33-19/h2-13,16,20,22H,14-15H2,1H3,(H,27,31). The van der Waals surface area contributed by atoms with E-state index in [0.29, 0.717) is 10.8 Å². The smallest absolute Gasteiger partial charge is 0.330 e. The minimum absolute atomic E-state index is 0.0673. The van der Waals surface area contributed by atoms with E-state index in [1.54, 1.807) is 6.07 Å². The third kappa shape index (κ3) is 5.26. The zero-order valence-corrected chi connectivity index (χ0v) is 19.5. The van der Waals surface area contributed by atoms with E-state index >= 15 is 0 Å². The van der Waals surface area contributed by atoms with Gasteiger partial charge in [-0.25, -0.2) is 14.5 Å². The fourth-order valence-corrected chi connectivity index (χ4v) is 4.96. The lowest BCUT2D eigenvalue weighted by Crippen LogP contribution is -2.69. The minimum Gasteiger partial charge on any atom is -0.459 e. The van der Waals surface area contributed by atoms with Gasteiger partial charge in [0.15, 0.2) is 6.04 Å². The number of carbonyl (C=O) groups is 3. The van der Waals surface area contributed by atoms with Crippen LogP contribution >= 0.6 is 22.9 Å². The number of carbonyl (C=O) groups excluding carboxylic acids is 3. The molecular formula is C25H23ClN2O4S. The second-order valence-electron chi connectivity index (χ2n) is 7.84. The van der Waals surface area contributed by atoms with E-state index in [2.05, 4.69) is 5.32 Å². The van der Waals surface area contributed by atoms with E-state index < -0.39 is 29.9 Å². The summed E-state index contributed by atoms with van der Waals surface area (Å²) in [5.41, 5.74) is 1.72.